The highest BCUT2D eigenvalue weighted by Crippen LogP contribution is 2.29. The van der Waals surface area contributed by atoms with Gasteiger partial charge in [0.1, 0.15) is 0 Å². The summed E-state index contributed by atoms with van der Waals surface area (Å²) in [4.78, 5) is 9.51. The maximum absolute atomic E-state index is 4.43. The van der Waals surface area contributed by atoms with E-state index >= 15 is 0 Å². The Labute approximate surface area is 165 Å². The number of hydrogen-bond donors (Lipinski definition) is 2. The molecular weight excluding hydrogens is 334 g/mol. The Bertz CT molecular complexity index is 576. The van der Waals surface area contributed by atoms with Crippen LogP contribution in [0.2, 0.25) is 0 Å². The molecule has 1 aromatic rings. The lowest BCUT2D eigenvalue weighted by atomic mass is 10.1. The third-order valence-corrected chi connectivity index (χ3v) is 6.04. The minimum atomic E-state index is 0.526. The van der Waals surface area contributed by atoms with Gasteiger partial charge >= 0.3 is 0 Å². The number of hydrogen-bond acceptors (Lipinski definition) is 3. The Morgan fingerprint density at radius 3 is 2.52 bits per heavy atom. The number of benzene rings is 1. The molecule has 1 unspecified atom stereocenters. The van der Waals surface area contributed by atoms with Crippen LogP contribution in [-0.2, 0) is 6.54 Å². The fraction of sp³-hybridized carbons (Fsp3) is 0.682. The fourth-order valence-electron chi connectivity index (χ4n) is 3.88. The number of aliphatic imine (C=N–C) groups is 1. The van der Waals surface area contributed by atoms with Crippen LogP contribution >= 0.6 is 0 Å². The molecule has 5 heteroatoms. The van der Waals surface area contributed by atoms with E-state index in [-0.39, 0.29) is 0 Å². The number of rotatable bonds is 8. The minimum absolute atomic E-state index is 0.526. The second-order valence-corrected chi connectivity index (χ2v) is 8.22. The van der Waals surface area contributed by atoms with Crippen LogP contribution in [0.25, 0.3) is 0 Å². The van der Waals surface area contributed by atoms with Crippen LogP contribution < -0.4 is 10.6 Å². The van der Waals surface area contributed by atoms with Crippen LogP contribution in [0.4, 0.5) is 0 Å². The summed E-state index contributed by atoms with van der Waals surface area (Å²) < 4.78 is 0. The number of piperidine rings is 1. The minimum Gasteiger partial charge on any atom is -0.356 e. The maximum Gasteiger partial charge on any atom is 0.191 e. The van der Waals surface area contributed by atoms with E-state index in [1.54, 1.807) is 0 Å². The van der Waals surface area contributed by atoms with Crippen molar-refractivity contribution >= 4 is 5.96 Å². The summed E-state index contributed by atoms with van der Waals surface area (Å²) in [6, 6.07) is 12.7. The summed E-state index contributed by atoms with van der Waals surface area (Å²) in [6.07, 6.45) is 6.39. The average Bonchev–Trinajstić information content (AvgIpc) is 3.53. The average molecular weight is 372 g/mol. The smallest absolute Gasteiger partial charge is 0.191 e. The van der Waals surface area contributed by atoms with Crippen LogP contribution in [0, 0.1) is 0 Å². The summed E-state index contributed by atoms with van der Waals surface area (Å²) in [7, 11) is 4.08. The van der Waals surface area contributed by atoms with Crippen molar-refractivity contribution in [3.63, 3.8) is 0 Å². The van der Waals surface area contributed by atoms with Gasteiger partial charge in [0.15, 0.2) is 5.96 Å². The van der Waals surface area contributed by atoms with E-state index in [0.29, 0.717) is 12.1 Å². The molecule has 1 saturated carbocycles. The third-order valence-electron chi connectivity index (χ3n) is 6.04. The van der Waals surface area contributed by atoms with Crippen molar-refractivity contribution in [1.29, 1.82) is 0 Å². The Morgan fingerprint density at radius 2 is 1.89 bits per heavy atom. The Hall–Kier alpha value is -1.59. The Balaban J connectivity index is 1.33. The van der Waals surface area contributed by atoms with Gasteiger partial charge in [0.05, 0.1) is 0 Å². The zero-order valence-electron chi connectivity index (χ0n) is 17.3. The molecule has 2 fully saturated rings. The summed E-state index contributed by atoms with van der Waals surface area (Å²) in [5, 5.41) is 7.14. The molecule has 1 aliphatic heterocycles. The van der Waals surface area contributed by atoms with Crippen molar-refractivity contribution in [3.05, 3.63) is 35.9 Å². The molecule has 1 aromatic carbocycles. The molecule has 2 N–H and O–H groups in total. The second kappa shape index (κ2) is 10.1. The van der Waals surface area contributed by atoms with Crippen molar-refractivity contribution < 1.29 is 0 Å². The molecule has 0 amide bonds. The highest BCUT2D eigenvalue weighted by atomic mass is 15.2. The zero-order valence-corrected chi connectivity index (χ0v) is 17.3. The molecular formula is C22H37N5. The molecule has 0 spiro atoms. The molecule has 27 heavy (non-hydrogen) atoms. The van der Waals surface area contributed by atoms with E-state index in [1.165, 1.54) is 44.3 Å². The van der Waals surface area contributed by atoms with Gasteiger partial charge in [-0.05, 0) is 51.6 Å². The van der Waals surface area contributed by atoms with Gasteiger partial charge in [-0.1, -0.05) is 30.3 Å². The van der Waals surface area contributed by atoms with Crippen LogP contribution in [0.5, 0.6) is 0 Å². The lowest BCUT2D eigenvalue weighted by Crippen LogP contribution is -2.49. The van der Waals surface area contributed by atoms with Crippen LogP contribution in [0.1, 0.15) is 44.6 Å². The van der Waals surface area contributed by atoms with E-state index in [2.05, 4.69) is 69.7 Å². The normalized spacial score (nSPS) is 20.7. The highest BCUT2D eigenvalue weighted by molar-refractivity contribution is 5.79. The maximum atomic E-state index is 4.43. The second-order valence-electron chi connectivity index (χ2n) is 8.22. The lowest BCUT2D eigenvalue weighted by molar-refractivity contribution is 0.197. The number of likely N-dealkylation sites (tertiary alicyclic amines) is 1. The number of nitrogens with zero attached hydrogens (tertiary/aromatic N) is 3. The fourth-order valence-corrected chi connectivity index (χ4v) is 3.88. The van der Waals surface area contributed by atoms with Crippen molar-refractivity contribution in [3.8, 4) is 0 Å². The Morgan fingerprint density at radius 1 is 1.19 bits per heavy atom. The molecule has 1 saturated heterocycles. The topological polar surface area (TPSA) is 42.9 Å². The summed E-state index contributed by atoms with van der Waals surface area (Å²) >= 11 is 0. The lowest BCUT2D eigenvalue weighted by Gasteiger charge is -2.33. The molecule has 2 aliphatic rings. The van der Waals surface area contributed by atoms with Gasteiger partial charge in [-0.15, -0.1) is 0 Å². The Kier molecular flexibility index (Phi) is 7.53. The monoisotopic (exact) mass is 371 g/mol. The first kappa shape index (κ1) is 20.2. The van der Waals surface area contributed by atoms with E-state index in [9.17, 15) is 0 Å². The molecule has 150 valence electrons. The molecule has 0 bridgehead atoms. The third kappa shape index (κ3) is 6.51. The van der Waals surface area contributed by atoms with E-state index in [1.807, 2.05) is 7.05 Å². The van der Waals surface area contributed by atoms with E-state index < -0.39 is 0 Å². The van der Waals surface area contributed by atoms with Gasteiger partial charge in [-0.3, -0.25) is 9.89 Å². The zero-order chi connectivity index (χ0) is 19.1. The summed E-state index contributed by atoms with van der Waals surface area (Å²) in [5.41, 5.74) is 1.37. The predicted octanol–water partition coefficient (Wildman–Crippen LogP) is 2.69. The molecule has 0 aromatic heterocycles. The number of nitrogens with one attached hydrogen (secondary N) is 2. The van der Waals surface area contributed by atoms with Gasteiger partial charge in [-0.25, -0.2) is 0 Å². The first-order chi connectivity index (χ1) is 13.2. The van der Waals surface area contributed by atoms with Gasteiger partial charge < -0.3 is 15.5 Å². The molecule has 0 radical (unpaired) electrons. The standard InChI is InChI=1S/C22H37N5/c1-18(26(3)17-19-7-5-4-6-8-19)11-14-24-22(23-2)25-20-12-15-27(16-13-20)21-9-10-21/h4-8,18,20-21H,9-17H2,1-3H3,(H2,23,24,25). The van der Waals surface area contributed by atoms with Crippen LogP contribution in [0.15, 0.2) is 35.3 Å². The molecule has 1 atom stereocenters. The quantitative estimate of drug-likeness (QED) is 0.545. The van der Waals surface area contributed by atoms with Crippen molar-refractivity contribution in [2.45, 2.75) is 63.7 Å². The first-order valence-corrected chi connectivity index (χ1v) is 10.6. The van der Waals surface area contributed by atoms with E-state index in [0.717, 1.165) is 31.5 Å². The van der Waals surface area contributed by atoms with Gasteiger partial charge in [-0.2, -0.15) is 0 Å². The van der Waals surface area contributed by atoms with E-state index in [4.69, 9.17) is 0 Å². The van der Waals surface area contributed by atoms with Gasteiger partial charge in [0.2, 0.25) is 0 Å². The number of guanidine groups is 1. The van der Waals surface area contributed by atoms with Gasteiger partial charge in [0.25, 0.3) is 0 Å². The van der Waals surface area contributed by atoms with Gasteiger partial charge in [0, 0.05) is 51.4 Å². The predicted molar refractivity (Wildman–Crippen MR) is 114 cm³/mol. The van der Waals surface area contributed by atoms with Crippen molar-refractivity contribution in [2.24, 2.45) is 4.99 Å². The molecule has 1 heterocycles. The highest BCUT2D eigenvalue weighted by Gasteiger charge is 2.31. The summed E-state index contributed by atoms with van der Waals surface area (Å²) in [6.45, 7) is 6.71. The van der Waals surface area contributed by atoms with Crippen LogP contribution in [0.3, 0.4) is 0 Å². The SMILES string of the molecule is CN=C(NCCC(C)N(C)Cc1ccccc1)NC1CCN(C2CC2)CC1. The van der Waals surface area contributed by atoms with Crippen LogP contribution in [-0.4, -0.2) is 67.6 Å². The van der Waals surface area contributed by atoms with Crippen molar-refractivity contribution in [1.82, 2.24) is 20.4 Å². The molecule has 3 rings (SSSR count). The summed E-state index contributed by atoms with van der Waals surface area (Å²) in [5.74, 6) is 0.956. The molecule has 5 nitrogen and oxygen atoms in total. The largest absolute Gasteiger partial charge is 0.356 e. The molecule has 1 aliphatic carbocycles. The van der Waals surface area contributed by atoms with Crippen molar-refractivity contribution in [2.75, 3.05) is 33.7 Å². The first-order valence-electron chi connectivity index (χ1n) is 10.6.